The van der Waals surface area contributed by atoms with E-state index >= 15 is 0 Å². The summed E-state index contributed by atoms with van der Waals surface area (Å²) in [6, 6.07) is 1.79. The molecule has 1 heterocycles. The van der Waals surface area contributed by atoms with Crippen LogP contribution in [0.2, 0.25) is 0 Å². The molecule has 19 heavy (non-hydrogen) atoms. The van der Waals surface area contributed by atoms with Gasteiger partial charge in [0.25, 0.3) is 7.57 Å². The summed E-state index contributed by atoms with van der Waals surface area (Å²) in [5.41, 5.74) is 0.663. The average molecular weight is 328 g/mol. The molecular formula is C10H18O6P2S. The van der Waals surface area contributed by atoms with E-state index in [-0.39, 0.29) is 5.03 Å². The Morgan fingerprint density at radius 1 is 1.00 bits per heavy atom. The van der Waals surface area contributed by atoms with E-state index in [9.17, 15) is 4.57 Å². The maximum atomic E-state index is 12.8. The van der Waals surface area contributed by atoms with Crippen LogP contribution in [0.15, 0.2) is 16.8 Å². The van der Waals surface area contributed by atoms with Crippen LogP contribution in [0.4, 0.5) is 0 Å². The molecule has 110 valence electrons. The first kappa shape index (κ1) is 17.1. The topological polar surface area (TPSA) is 63.2 Å². The van der Waals surface area contributed by atoms with Gasteiger partial charge in [-0.05, 0) is 16.8 Å². The fourth-order valence-corrected chi connectivity index (χ4v) is 7.21. The van der Waals surface area contributed by atoms with Crippen molar-refractivity contribution >= 4 is 31.5 Å². The normalized spacial score (nSPS) is 12.7. The summed E-state index contributed by atoms with van der Waals surface area (Å²) in [5.74, 6) is 0. The zero-order chi connectivity index (χ0) is 14.5. The zero-order valence-corrected chi connectivity index (χ0v) is 14.1. The third-order valence-electron chi connectivity index (χ3n) is 2.50. The summed E-state index contributed by atoms with van der Waals surface area (Å²) in [6.07, 6.45) is 0. The molecule has 0 unspecified atom stereocenters. The molecule has 9 heteroatoms. The van der Waals surface area contributed by atoms with Gasteiger partial charge in [0, 0.05) is 41.1 Å². The maximum absolute atomic E-state index is 12.8. The molecule has 0 aliphatic carbocycles. The second kappa shape index (κ2) is 7.16. The van der Waals surface area contributed by atoms with Crippen LogP contribution < -0.4 is 0 Å². The highest BCUT2D eigenvalue weighted by molar-refractivity contribution is 7.89. The van der Waals surface area contributed by atoms with Gasteiger partial charge in [-0.25, -0.2) is 0 Å². The Balaban J connectivity index is 3.70. The van der Waals surface area contributed by atoms with E-state index in [1.807, 2.05) is 10.8 Å². The number of hydrogen-bond donors (Lipinski definition) is 0. The lowest BCUT2D eigenvalue weighted by Crippen LogP contribution is -2.11. The molecule has 0 aromatic carbocycles. The molecule has 0 N–H and O–H groups in total. The van der Waals surface area contributed by atoms with E-state index in [0.29, 0.717) is 5.56 Å². The fourth-order valence-electron chi connectivity index (χ4n) is 1.59. The summed E-state index contributed by atoms with van der Waals surface area (Å²) in [7, 11) is 0.388. The molecule has 1 rings (SSSR count). The lowest BCUT2D eigenvalue weighted by molar-refractivity contribution is 0.232. The minimum Gasteiger partial charge on any atom is -0.320 e. The largest absolute Gasteiger partial charge is 0.368 e. The van der Waals surface area contributed by atoms with Crippen molar-refractivity contribution in [3.8, 4) is 0 Å². The summed E-state index contributed by atoms with van der Waals surface area (Å²) < 4.78 is 39.1. The standard InChI is InChI=1S/C10H18O6P2S/c1-12-17(11,13-2)10(9-6-7-19-8-9)18(14-3,15-4)16-5/h6-8H,1-5H3. The monoisotopic (exact) mass is 328 g/mol. The Morgan fingerprint density at radius 3 is 1.84 bits per heavy atom. The minimum absolute atomic E-state index is 0.277. The predicted molar refractivity (Wildman–Crippen MR) is 78.0 cm³/mol. The van der Waals surface area contributed by atoms with E-state index in [0.717, 1.165) is 0 Å². The first-order valence-electron chi connectivity index (χ1n) is 5.22. The molecule has 0 radical (unpaired) electrons. The van der Waals surface area contributed by atoms with E-state index in [4.69, 9.17) is 22.6 Å². The molecule has 0 saturated heterocycles. The SMILES string of the molecule is COP(=O)(OC)C(c1ccsc1)=P(OC)(OC)OC. The van der Waals surface area contributed by atoms with Crippen LogP contribution in [0, 0.1) is 0 Å². The van der Waals surface area contributed by atoms with Crippen molar-refractivity contribution in [3.05, 3.63) is 22.4 Å². The van der Waals surface area contributed by atoms with Gasteiger partial charge in [-0.2, -0.15) is 11.3 Å². The Kier molecular flexibility index (Phi) is 6.43. The Morgan fingerprint density at radius 2 is 1.53 bits per heavy atom. The Hall–Kier alpha value is 0.0300. The molecule has 1 aromatic heterocycles. The lowest BCUT2D eigenvalue weighted by Gasteiger charge is -2.27. The highest BCUT2D eigenvalue weighted by atomic mass is 32.1. The van der Waals surface area contributed by atoms with E-state index in [1.54, 1.807) is 6.07 Å². The fraction of sp³-hybridized carbons (Fsp3) is 0.500. The van der Waals surface area contributed by atoms with Crippen molar-refractivity contribution in [1.29, 1.82) is 0 Å². The zero-order valence-electron chi connectivity index (χ0n) is 11.5. The van der Waals surface area contributed by atoms with Gasteiger partial charge in [-0.3, -0.25) is 4.57 Å². The predicted octanol–water partition coefficient (Wildman–Crippen LogP) is 3.41. The minimum atomic E-state index is -3.55. The van der Waals surface area contributed by atoms with Gasteiger partial charge >= 0.3 is 7.60 Å². The molecule has 0 aliphatic heterocycles. The van der Waals surface area contributed by atoms with Crippen molar-refractivity contribution in [1.82, 2.24) is 0 Å². The van der Waals surface area contributed by atoms with Gasteiger partial charge in [0.05, 0.1) is 0 Å². The number of hydrogen-bond acceptors (Lipinski definition) is 7. The van der Waals surface area contributed by atoms with Gasteiger partial charge in [0.1, 0.15) is 5.03 Å². The van der Waals surface area contributed by atoms with E-state index in [1.165, 1.54) is 46.9 Å². The molecule has 6 nitrogen and oxygen atoms in total. The Bertz CT molecular complexity index is 471. The first-order chi connectivity index (χ1) is 9.03. The summed E-state index contributed by atoms with van der Waals surface area (Å²) >= 11 is 1.45. The van der Waals surface area contributed by atoms with Crippen LogP contribution in [-0.4, -0.2) is 40.6 Å². The molecule has 0 atom stereocenters. The summed E-state index contributed by atoms with van der Waals surface area (Å²) in [6.45, 7) is 0. The highest BCUT2D eigenvalue weighted by Gasteiger charge is 2.40. The quantitative estimate of drug-likeness (QED) is 0.715. The van der Waals surface area contributed by atoms with Crippen LogP contribution in [0.1, 0.15) is 5.56 Å². The second-order valence-electron chi connectivity index (χ2n) is 3.24. The van der Waals surface area contributed by atoms with Crippen LogP contribution in [0.3, 0.4) is 0 Å². The first-order valence-corrected chi connectivity index (χ1v) is 9.24. The second-order valence-corrected chi connectivity index (χ2v) is 9.09. The van der Waals surface area contributed by atoms with Crippen LogP contribution in [0.25, 0.3) is 0 Å². The van der Waals surface area contributed by atoms with Crippen molar-refractivity contribution in [2.75, 3.05) is 35.5 Å². The molecule has 0 saturated carbocycles. The van der Waals surface area contributed by atoms with E-state index < -0.39 is 15.2 Å². The van der Waals surface area contributed by atoms with Gasteiger partial charge in [-0.15, -0.1) is 0 Å². The molecular weight excluding hydrogens is 310 g/mol. The van der Waals surface area contributed by atoms with Crippen molar-refractivity contribution in [2.24, 2.45) is 0 Å². The average Bonchev–Trinajstić information content (AvgIpc) is 2.97. The van der Waals surface area contributed by atoms with Gasteiger partial charge in [0.2, 0.25) is 0 Å². The van der Waals surface area contributed by atoms with Crippen molar-refractivity contribution in [2.45, 2.75) is 0 Å². The Labute approximate surface area is 117 Å². The molecule has 0 aliphatic rings. The lowest BCUT2D eigenvalue weighted by atomic mass is 10.4. The van der Waals surface area contributed by atoms with Crippen molar-refractivity contribution < 1.29 is 27.2 Å². The molecule has 0 spiro atoms. The van der Waals surface area contributed by atoms with Crippen molar-refractivity contribution in [3.63, 3.8) is 0 Å². The highest BCUT2D eigenvalue weighted by Crippen LogP contribution is 2.64. The number of thiophene rings is 1. The third kappa shape index (κ3) is 3.20. The van der Waals surface area contributed by atoms with E-state index in [2.05, 4.69) is 0 Å². The molecule has 1 aromatic rings. The summed E-state index contributed by atoms with van der Waals surface area (Å²) in [4.78, 5) is 0. The van der Waals surface area contributed by atoms with Crippen LogP contribution in [0.5, 0.6) is 0 Å². The van der Waals surface area contributed by atoms with Crippen LogP contribution in [-0.2, 0) is 27.2 Å². The van der Waals surface area contributed by atoms with Crippen LogP contribution >= 0.6 is 26.5 Å². The van der Waals surface area contributed by atoms with Gasteiger partial charge in [-0.1, -0.05) is 0 Å². The molecule has 0 bridgehead atoms. The third-order valence-corrected chi connectivity index (χ3v) is 8.61. The molecule has 0 amide bonds. The number of rotatable bonds is 7. The molecule has 0 fully saturated rings. The smallest absolute Gasteiger partial charge is 0.320 e. The van der Waals surface area contributed by atoms with Gasteiger partial charge < -0.3 is 22.6 Å². The maximum Gasteiger partial charge on any atom is 0.368 e. The summed E-state index contributed by atoms with van der Waals surface area (Å²) in [5, 5.41) is 3.94. The van der Waals surface area contributed by atoms with Gasteiger partial charge in [0.15, 0.2) is 0 Å².